The van der Waals surface area contributed by atoms with Crippen molar-refractivity contribution in [3.8, 4) is 0 Å². The van der Waals surface area contributed by atoms with Gasteiger partial charge in [-0.25, -0.2) is 8.78 Å². The Hall–Kier alpha value is -2.76. The van der Waals surface area contributed by atoms with Crippen LogP contribution in [0.5, 0.6) is 0 Å². The minimum atomic E-state index is -0.871. The first-order valence-corrected chi connectivity index (χ1v) is 8.06. The fraction of sp³-hybridized carbons (Fsp3) is 0.263. The van der Waals surface area contributed by atoms with Crippen LogP contribution in [0.25, 0.3) is 0 Å². The first-order valence-electron chi connectivity index (χ1n) is 8.06. The monoisotopic (exact) mass is 344 g/mol. The summed E-state index contributed by atoms with van der Waals surface area (Å²) in [4.78, 5) is 25.9. The minimum Gasteiger partial charge on any atom is -0.334 e. The van der Waals surface area contributed by atoms with Crippen LogP contribution in [0.15, 0.2) is 42.5 Å². The number of anilines is 1. The number of nitrogens with one attached hydrogen (secondary N) is 1. The lowest BCUT2D eigenvalue weighted by Crippen LogP contribution is -2.38. The van der Waals surface area contributed by atoms with Gasteiger partial charge >= 0.3 is 11.8 Å². The Labute approximate surface area is 144 Å². The van der Waals surface area contributed by atoms with Gasteiger partial charge in [-0.15, -0.1) is 0 Å². The van der Waals surface area contributed by atoms with E-state index in [1.165, 1.54) is 29.2 Å². The van der Waals surface area contributed by atoms with Crippen LogP contribution in [-0.4, -0.2) is 29.8 Å². The summed E-state index contributed by atoms with van der Waals surface area (Å²) in [6, 6.07) is 10.5. The number of hydrogen-bond acceptors (Lipinski definition) is 2. The van der Waals surface area contributed by atoms with Crippen molar-refractivity contribution in [1.29, 1.82) is 0 Å². The summed E-state index contributed by atoms with van der Waals surface area (Å²) in [7, 11) is 0. The van der Waals surface area contributed by atoms with E-state index in [9.17, 15) is 18.4 Å². The van der Waals surface area contributed by atoms with E-state index in [0.717, 1.165) is 11.1 Å². The number of likely N-dealkylation sites (tertiary alicyclic amines) is 1. The van der Waals surface area contributed by atoms with Crippen molar-refractivity contribution in [3.05, 3.63) is 65.2 Å². The molecule has 0 bridgehead atoms. The molecular formula is C19H18F2N2O2. The fourth-order valence-corrected chi connectivity index (χ4v) is 3.03. The number of carbonyl (C=O) groups is 2. The summed E-state index contributed by atoms with van der Waals surface area (Å²) in [5.41, 5.74) is 1.57. The average Bonchev–Trinajstić information content (AvgIpc) is 3.07. The van der Waals surface area contributed by atoms with E-state index in [4.69, 9.17) is 0 Å². The van der Waals surface area contributed by atoms with Crippen LogP contribution in [0.4, 0.5) is 14.5 Å². The zero-order valence-electron chi connectivity index (χ0n) is 13.8. The van der Waals surface area contributed by atoms with Crippen molar-refractivity contribution in [3.63, 3.8) is 0 Å². The van der Waals surface area contributed by atoms with E-state index in [1.54, 1.807) is 19.1 Å². The molecule has 0 spiro atoms. The number of carbonyl (C=O) groups excluding carboxylic acids is 2. The third kappa shape index (κ3) is 3.84. The highest BCUT2D eigenvalue weighted by Crippen LogP contribution is 2.27. The maximum atomic E-state index is 13.7. The van der Waals surface area contributed by atoms with Crippen LogP contribution in [0, 0.1) is 18.6 Å². The Morgan fingerprint density at radius 2 is 1.96 bits per heavy atom. The third-order valence-corrected chi connectivity index (χ3v) is 4.36. The number of halogens is 2. The van der Waals surface area contributed by atoms with Crippen LogP contribution in [0.2, 0.25) is 0 Å². The summed E-state index contributed by atoms with van der Waals surface area (Å²) in [5.74, 6) is -2.51. The molecule has 6 heteroatoms. The molecular weight excluding hydrogens is 326 g/mol. The van der Waals surface area contributed by atoms with Gasteiger partial charge in [0.05, 0.1) is 5.69 Å². The molecule has 4 nitrogen and oxygen atoms in total. The molecule has 1 unspecified atom stereocenters. The highest BCUT2D eigenvalue weighted by molar-refractivity contribution is 6.39. The molecule has 0 saturated carbocycles. The quantitative estimate of drug-likeness (QED) is 0.851. The normalized spacial score (nSPS) is 16.8. The standard InChI is InChI=1S/C19H18F2N2O2/c1-12-5-6-16(21)17(9-12)22-18(24)19(25)23-8-7-14(11-23)13-3-2-4-15(20)10-13/h2-6,9-10,14H,7-8,11H2,1H3,(H,22,24). The van der Waals surface area contributed by atoms with Crippen molar-refractivity contribution in [1.82, 2.24) is 4.90 Å². The topological polar surface area (TPSA) is 49.4 Å². The molecule has 0 radical (unpaired) electrons. The van der Waals surface area contributed by atoms with E-state index >= 15 is 0 Å². The van der Waals surface area contributed by atoms with E-state index in [0.29, 0.717) is 19.5 Å². The first kappa shape index (κ1) is 17.1. The number of benzene rings is 2. The summed E-state index contributed by atoms with van der Waals surface area (Å²) < 4.78 is 27.1. The second kappa shape index (κ2) is 7.01. The van der Waals surface area contributed by atoms with Crippen molar-refractivity contribution in [2.24, 2.45) is 0 Å². The van der Waals surface area contributed by atoms with Crippen LogP contribution in [0.3, 0.4) is 0 Å². The molecule has 3 rings (SSSR count). The zero-order chi connectivity index (χ0) is 18.0. The number of hydrogen-bond donors (Lipinski definition) is 1. The van der Waals surface area contributed by atoms with Gasteiger partial charge in [0.2, 0.25) is 0 Å². The Kier molecular flexibility index (Phi) is 4.79. The lowest BCUT2D eigenvalue weighted by Gasteiger charge is -2.16. The summed E-state index contributed by atoms with van der Waals surface area (Å²) in [5, 5.41) is 2.33. The Balaban J connectivity index is 1.65. The van der Waals surface area contributed by atoms with Crippen molar-refractivity contribution in [2.45, 2.75) is 19.3 Å². The molecule has 1 aliphatic rings. The van der Waals surface area contributed by atoms with Gasteiger partial charge in [0.1, 0.15) is 11.6 Å². The maximum Gasteiger partial charge on any atom is 0.313 e. The van der Waals surface area contributed by atoms with Gasteiger partial charge in [-0.05, 0) is 48.7 Å². The lowest BCUT2D eigenvalue weighted by molar-refractivity contribution is -0.142. The first-order chi connectivity index (χ1) is 11.9. The molecule has 1 N–H and O–H groups in total. The Morgan fingerprint density at radius 1 is 1.16 bits per heavy atom. The van der Waals surface area contributed by atoms with Crippen molar-refractivity contribution >= 4 is 17.5 Å². The molecule has 0 aliphatic carbocycles. The molecule has 1 saturated heterocycles. The lowest BCUT2D eigenvalue weighted by atomic mass is 9.98. The van der Waals surface area contributed by atoms with E-state index in [1.807, 2.05) is 6.07 Å². The second-order valence-corrected chi connectivity index (χ2v) is 6.23. The number of nitrogens with zero attached hydrogens (tertiary/aromatic N) is 1. The van der Waals surface area contributed by atoms with Crippen molar-refractivity contribution in [2.75, 3.05) is 18.4 Å². The van der Waals surface area contributed by atoms with Crippen LogP contribution in [-0.2, 0) is 9.59 Å². The molecule has 2 amide bonds. The summed E-state index contributed by atoms with van der Waals surface area (Å²) in [6.07, 6.45) is 0.654. The van der Waals surface area contributed by atoms with Gasteiger partial charge in [0.15, 0.2) is 0 Å². The highest BCUT2D eigenvalue weighted by atomic mass is 19.1. The van der Waals surface area contributed by atoms with Crippen LogP contribution < -0.4 is 5.32 Å². The molecule has 1 heterocycles. The Morgan fingerprint density at radius 3 is 2.72 bits per heavy atom. The van der Waals surface area contributed by atoms with E-state index in [2.05, 4.69) is 5.32 Å². The number of amides is 2. The fourth-order valence-electron chi connectivity index (χ4n) is 3.03. The summed E-state index contributed by atoms with van der Waals surface area (Å²) >= 11 is 0. The molecule has 1 fully saturated rings. The number of rotatable bonds is 2. The second-order valence-electron chi connectivity index (χ2n) is 6.23. The molecule has 130 valence electrons. The van der Waals surface area contributed by atoms with Gasteiger partial charge in [-0.3, -0.25) is 9.59 Å². The van der Waals surface area contributed by atoms with Gasteiger partial charge in [0.25, 0.3) is 0 Å². The molecule has 0 aromatic heterocycles. The maximum absolute atomic E-state index is 13.7. The van der Waals surface area contributed by atoms with Gasteiger partial charge in [-0.1, -0.05) is 18.2 Å². The van der Waals surface area contributed by atoms with Crippen molar-refractivity contribution < 1.29 is 18.4 Å². The van der Waals surface area contributed by atoms with E-state index < -0.39 is 17.6 Å². The average molecular weight is 344 g/mol. The summed E-state index contributed by atoms with van der Waals surface area (Å²) in [6.45, 7) is 2.51. The van der Waals surface area contributed by atoms with E-state index in [-0.39, 0.29) is 17.4 Å². The highest BCUT2D eigenvalue weighted by Gasteiger charge is 2.31. The molecule has 1 atom stereocenters. The van der Waals surface area contributed by atoms with Gasteiger partial charge in [0, 0.05) is 19.0 Å². The number of aryl methyl sites for hydroxylation is 1. The third-order valence-electron chi connectivity index (χ3n) is 4.36. The predicted octanol–water partition coefficient (Wildman–Crippen LogP) is 3.23. The minimum absolute atomic E-state index is 0.0110. The molecule has 2 aromatic rings. The van der Waals surface area contributed by atoms with Crippen LogP contribution >= 0.6 is 0 Å². The van der Waals surface area contributed by atoms with Gasteiger partial charge in [-0.2, -0.15) is 0 Å². The smallest absolute Gasteiger partial charge is 0.313 e. The largest absolute Gasteiger partial charge is 0.334 e. The predicted molar refractivity (Wildman–Crippen MR) is 90.1 cm³/mol. The molecule has 2 aromatic carbocycles. The SMILES string of the molecule is Cc1ccc(F)c(NC(=O)C(=O)N2CCC(c3cccc(F)c3)C2)c1. The zero-order valence-corrected chi connectivity index (χ0v) is 13.8. The van der Waals surface area contributed by atoms with Gasteiger partial charge < -0.3 is 10.2 Å². The molecule has 25 heavy (non-hydrogen) atoms. The Bertz CT molecular complexity index is 823. The van der Waals surface area contributed by atoms with Crippen LogP contribution in [0.1, 0.15) is 23.5 Å². The molecule has 1 aliphatic heterocycles.